The first-order chi connectivity index (χ1) is 8.66. The maximum absolute atomic E-state index is 11.6. The molecule has 0 fully saturated rings. The number of primary amides is 1. The minimum atomic E-state index is -0.665. The number of para-hydroxylation sites is 1. The molecule has 0 aliphatic rings. The molecule has 2 aromatic rings. The molecule has 92 valence electrons. The van der Waals surface area contributed by atoms with Crippen molar-refractivity contribution < 1.29 is 14.4 Å². The first-order valence-electron chi connectivity index (χ1n) is 5.23. The lowest BCUT2D eigenvalue weighted by Gasteiger charge is -2.04. The summed E-state index contributed by atoms with van der Waals surface area (Å²) in [5.74, 6) is -1.19. The van der Waals surface area contributed by atoms with Gasteiger partial charge in [-0.2, -0.15) is 0 Å². The van der Waals surface area contributed by atoms with Crippen LogP contribution in [0.15, 0.2) is 36.4 Å². The predicted molar refractivity (Wildman–Crippen MR) is 64.4 cm³/mol. The minimum Gasteiger partial charge on any atom is -0.368 e. The van der Waals surface area contributed by atoms with Gasteiger partial charge in [0.1, 0.15) is 5.69 Å². The van der Waals surface area contributed by atoms with Gasteiger partial charge in [-0.3, -0.25) is 14.4 Å². The Hall–Kier alpha value is -2.47. The van der Waals surface area contributed by atoms with Crippen LogP contribution >= 0.6 is 0 Å². The van der Waals surface area contributed by atoms with Crippen molar-refractivity contribution in [3.63, 3.8) is 0 Å². The molecule has 2 amide bonds. The zero-order valence-electron chi connectivity index (χ0n) is 9.42. The summed E-state index contributed by atoms with van der Waals surface area (Å²) in [5, 5.41) is 0.937. The lowest BCUT2D eigenvalue weighted by atomic mass is 10.2. The van der Waals surface area contributed by atoms with Gasteiger partial charge >= 0.3 is 0 Å². The second-order valence-electron chi connectivity index (χ2n) is 3.58. The van der Waals surface area contributed by atoms with Gasteiger partial charge in [-0.05, 0) is 12.1 Å². The Morgan fingerprint density at radius 3 is 2.78 bits per heavy atom. The van der Waals surface area contributed by atoms with Gasteiger partial charge in [0.25, 0.3) is 5.91 Å². The number of rotatable bonds is 4. The van der Waals surface area contributed by atoms with Crippen molar-refractivity contribution in [2.45, 2.75) is 0 Å². The topological polar surface area (TPSA) is 94.3 Å². The van der Waals surface area contributed by atoms with Crippen molar-refractivity contribution in [1.29, 1.82) is 0 Å². The molecule has 1 aromatic carbocycles. The lowest BCUT2D eigenvalue weighted by Crippen LogP contribution is -2.29. The minimum absolute atomic E-state index is 0.207. The third kappa shape index (κ3) is 2.80. The highest BCUT2D eigenvalue weighted by molar-refractivity contribution is 5.94. The molecule has 0 bridgehead atoms. The van der Waals surface area contributed by atoms with Crippen LogP contribution in [0.25, 0.3) is 10.9 Å². The van der Waals surface area contributed by atoms with Gasteiger partial charge in [-0.1, -0.05) is 24.3 Å². The Morgan fingerprint density at radius 1 is 1.22 bits per heavy atom. The number of nitrogens with one attached hydrogen (secondary N) is 1. The van der Waals surface area contributed by atoms with Crippen LogP contribution in [0.4, 0.5) is 0 Å². The van der Waals surface area contributed by atoms with Crippen LogP contribution in [0.1, 0.15) is 10.5 Å². The number of fused-ring (bicyclic) bond motifs is 1. The molecule has 3 N–H and O–H groups in total. The number of carbonyl (C=O) groups excluding carboxylic acids is 2. The van der Waals surface area contributed by atoms with E-state index in [1.165, 1.54) is 0 Å². The molecular formula is C12H11N3O3. The Balaban J connectivity index is 2.10. The smallest absolute Gasteiger partial charge is 0.293 e. The van der Waals surface area contributed by atoms with E-state index in [9.17, 15) is 9.59 Å². The summed E-state index contributed by atoms with van der Waals surface area (Å²) in [7, 11) is 0. The number of pyridine rings is 1. The summed E-state index contributed by atoms with van der Waals surface area (Å²) >= 11 is 0. The maximum atomic E-state index is 11.6. The predicted octanol–water partition coefficient (Wildman–Crippen LogP) is 0.382. The lowest BCUT2D eigenvalue weighted by molar-refractivity contribution is -0.124. The highest BCUT2D eigenvalue weighted by atomic mass is 16.7. The van der Waals surface area contributed by atoms with Crippen LogP contribution < -0.4 is 11.2 Å². The van der Waals surface area contributed by atoms with Gasteiger partial charge in [-0.15, -0.1) is 0 Å². The van der Waals surface area contributed by atoms with Crippen LogP contribution in [0.5, 0.6) is 0 Å². The average Bonchev–Trinajstić information content (AvgIpc) is 2.37. The maximum Gasteiger partial charge on any atom is 0.293 e. The fraction of sp³-hybridized carbons (Fsp3) is 0.0833. The van der Waals surface area contributed by atoms with Crippen molar-refractivity contribution in [3.05, 3.63) is 42.1 Å². The molecule has 0 atom stereocenters. The molecule has 1 heterocycles. The molecule has 0 saturated carbocycles. The van der Waals surface area contributed by atoms with Gasteiger partial charge in [-0.25, -0.2) is 10.5 Å². The largest absolute Gasteiger partial charge is 0.368 e. The molecule has 1 aromatic heterocycles. The highest BCUT2D eigenvalue weighted by Crippen LogP contribution is 2.11. The molecule has 0 aliphatic carbocycles. The summed E-state index contributed by atoms with van der Waals surface area (Å²) in [4.78, 5) is 30.8. The van der Waals surface area contributed by atoms with E-state index in [0.717, 1.165) is 5.39 Å². The molecule has 0 saturated heterocycles. The summed E-state index contributed by atoms with van der Waals surface area (Å²) < 4.78 is 0. The van der Waals surface area contributed by atoms with E-state index in [-0.39, 0.29) is 12.3 Å². The Bertz CT molecular complexity index is 598. The first-order valence-corrected chi connectivity index (χ1v) is 5.23. The number of hydroxylamine groups is 1. The molecule has 0 spiro atoms. The van der Waals surface area contributed by atoms with E-state index in [4.69, 9.17) is 5.73 Å². The summed E-state index contributed by atoms with van der Waals surface area (Å²) in [6.45, 7) is -0.376. The van der Waals surface area contributed by atoms with Gasteiger partial charge in [0.2, 0.25) is 5.91 Å². The van der Waals surface area contributed by atoms with Crippen LogP contribution in [0, 0.1) is 0 Å². The number of nitrogens with two attached hydrogens (primary N) is 1. The van der Waals surface area contributed by atoms with Gasteiger partial charge < -0.3 is 5.73 Å². The Labute approximate surface area is 103 Å². The van der Waals surface area contributed by atoms with Gasteiger partial charge in [0.05, 0.1) is 5.52 Å². The van der Waals surface area contributed by atoms with E-state index in [0.29, 0.717) is 5.52 Å². The number of benzene rings is 1. The zero-order chi connectivity index (χ0) is 13.0. The van der Waals surface area contributed by atoms with Crippen LogP contribution in [-0.4, -0.2) is 23.4 Å². The van der Waals surface area contributed by atoms with Crippen LogP contribution in [0.3, 0.4) is 0 Å². The molecule has 0 unspecified atom stereocenters. The summed E-state index contributed by atoms with van der Waals surface area (Å²) in [6.07, 6.45) is 0. The quantitative estimate of drug-likeness (QED) is 0.761. The normalized spacial score (nSPS) is 10.2. The monoisotopic (exact) mass is 245 g/mol. The third-order valence-electron chi connectivity index (χ3n) is 2.21. The van der Waals surface area contributed by atoms with Gasteiger partial charge in [0.15, 0.2) is 6.61 Å². The summed E-state index contributed by atoms with van der Waals surface area (Å²) in [5.41, 5.74) is 7.87. The van der Waals surface area contributed by atoms with E-state index in [1.54, 1.807) is 18.2 Å². The van der Waals surface area contributed by atoms with E-state index in [1.807, 2.05) is 18.2 Å². The fourth-order valence-electron chi connectivity index (χ4n) is 1.42. The number of aromatic nitrogens is 1. The standard InChI is InChI=1S/C12H11N3O3/c13-11(16)7-18-15-12(17)10-6-5-8-3-1-2-4-9(8)14-10/h1-6H,7H2,(H2,13,16)(H,15,17). The van der Waals surface area contributed by atoms with Gasteiger partial charge in [0, 0.05) is 5.39 Å². The van der Waals surface area contributed by atoms with Crippen LogP contribution in [-0.2, 0) is 9.63 Å². The number of hydrogen-bond donors (Lipinski definition) is 2. The van der Waals surface area contributed by atoms with E-state index >= 15 is 0 Å². The average molecular weight is 245 g/mol. The second kappa shape index (κ2) is 5.24. The zero-order valence-corrected chi connectivity index (χ0v) is 9.42. The van der Waals surface area contributed by atoms with Crippen molar-refractivity contribution >= 4 is 22.7 Å². The number of carbonyl (C=O) groups is 2. The fourth-order valence-corrected chi connectivity index (χ4v) is 1.42. The number of amides is 2. The van der Waals surface area contributed by atoms with E-state index < -0.39 is 11.8 Å². The number of nitrogens with zero attached hydrogens (tertiary/aromatic N) is 1. The SMILES string of the molecule is NC(=O)CONC(=O)c1ccc2ccccc2n1. The van der Waals surface area contributed by atoms with Crippen LogP contribution in [0.2, 0.25) is 0 Å². The van der Waals surface area contributed by atoms with Crippen molar-refractivity contribution in [1.82, 2.24) is 10.5 Å². The van der Waals surface area contributed by atoms with E-state index in [2.05, 4.69) is 15.3 Å². The second-order valence-corrected chi connectivity index (χ2v) is 3.58. The molecule has 2 rings (SSSR count). The molecule has 18 heavy (non-hydrogen) atoms. The Kier molecular flexibility index (Phi) is 3.49. The molecular weight excluding hydrogens is 234 g/mol. The van der Waals surface area contributed by atoms with Crippen molar-refractivity contribution in [3.8, 4) is 0 Å². The molecule has 0 radical (unpaired) electrons. The third-order valence-corrected chi connectivity index (χ3v) is 2.21. The first kappa shape index (κ1) is 12.0. The Morgan fingerprint density at radius 2 is 2.00 bits per heavy atom. The number of hydrogen-bond acceptors (Lipinski definition) is 4. The van der Waals surface area contributed by atoms with Crippen molar-refractivity contribution in [2.24, 2.45) is 5.73 Å². The molecule has 0 aliphatic heterocycles. The highest BCUT2D eigenvalue weighted by Gasteiger charge is 2.08. The molecule has 6 nitrogen and oxygen atoms in total. The summed E-state index contributed by atoms with van der Waals surface area (Å²) in [6, 6.07) is 10.8. The molecule has 6 heteroatoms. The van der Waals surface area contributed by atoms with Crippen molar-refractivity contribution in [2.75, 3.05) is 6.61 Å².